The first-order chi connectivity index (χ1) is 8.93. The summed E-state index contributed by atoms with van der Waals surface area (Å²) < 4.78 is 0. The van der Waals surface area contributed by atoms with Crippen molar-refractivity contribution >= 4 is 11.9 Å². The van der Waals surface area contributed by atoms with Crippen molar-refractivity contribution in [3.63, 3.8) is 0 Å². The summed E-state index contributed by atoms with van der Waals surface area (Å²) in [6.07, 6.45) is 0.992. The molecule has 1 unspecified atom stereocenters. The number of benzene rings is 1. The summed E-state index contributed by atoms with van der Waals surface area (Å²) in [6, 6.07) is 7.65. The zero-order valence-corrected chi connectivity index (χ0v) is 11.7. The molecule has 1 atom stereocenters. The van der Waals surface area contributed by atoms with Gasteiger partial charge in [0, 0.05) is 6.04 Å². The van der Waals surface area contributed by atoms with Crippen LogP contribution in [0.3, 0.4) is 0 Å². The standard InChI is InChI=1S/C15H21NO3/c1-4-12(3)16(10-15(18)19)14(17)9-13-7-5-6-11(2)8-13/h5-8,12H,4,9-10H2,1-3H3,(H,18,19). The van der Waals surface area contributed by atoms with Crippen LogP contribution in [0.1, 0.15) is 31.4 Å². The van der Waals surface area contributed by atoms with Gasteiger partial charge in [-0.25, -0.2) is 0 Å². The van der Waals surface area contributed by atoms with Gasteiger partial charge in [0.25, 0.3) is 0 Å². The molecule has 0 saturated carbocycles. The molecule has 1 N–H and O–H groups in total. The smallest absolute Gasteiger partial charge is 0.323 e. The number of nitrogens with zero attached hydrogens (tertiary/aromatic N) is 1. The molecule has 0 spiro atoms. The lowest BCUT2D eigenvalue weighted by Crippen LogP contribution is -2.42. The number of hydrogen-bond acceptors (Lipinski definition) is 2. The molecule has 4 heteroatoms. The molecule has 104 valence electrons. The highest BCUT2D eigenvalue weighted by molar-refractivity contribution is 5.83. The zero-order chi connectivity index (χ0) is 14.4. The molecule has 1 rings (SSSR count). The summed E-state index contributed by atoms with van der Waals surface area (Å²) in [5.41, 5.74) is 2.02. The van der Waals surface area contributed by atoms with Crippen LogP contribution < -0.4 is 0 Å². The summed E-state index contributed by atoms with van der Waals surface area (Å²) in [4.78, 5) is 24.5. The van der Waals surface area contributed by atoms with Crippen LogP contribution in [0.15, 0.2) is 24.3 Å². The van der Waals surface area contributed by atoms with Gasteiger partial charge in [0.05, 0.1) is 6.42 Å². The average Bonchev–Trinajstić information content (AvgIpc) is 2.34. The lowest BCUT2D eigenvalue weighted by Gasteiger charge is -2.27. The quantitative estimate of drug-likeness (QED) is 0.856. The molecule has 0 aliphatic heterocycles. The first-order valence-corrected chi connectivity index (χ1v) is 6.50. The fourth-order valence-electron chi connectivity index (χ4n) is 1.95. The molecule has 0 bridgehead atoms. The summed E-state index contributed by atoms with van der Waals surface area (Å²) in [5.74, 6) is -1.11. The fourth-order valence-corrected chi connectivity index (χ4v) is 1.95. The minimum absolute atomic E-state index is 0.0617. The minimum Gasteiger partial charge on any atom is -0.480 e. The van der Waals surface area contributed by atoms with E-state index in [2.05, 4.69) is 0 Å². The van der Waals surface area contributed by atoms with Crippen LogP contribution in [0.25, 0.3) is 0 Å². The fraction of sp³-hybridized carbons (Fsp3) is 0.467. The Balaban J connectivity index is 2.79. The maximum Gasteiger partial charge on any atom is 0.323 e. The second-order valence-electron chi connectivity index (χ2n) is 4.84. The van der Waals surface area contributed by atoms with E-state index in [0.29, 0.717) is 0 Å². The first kappa shape index (κ1) is 15.2. The van der Waals surface area contributed by atoms with Gasteiger partial charge in [-0.3, -0.25) is 9.59 Å². The SMILES string of the molecule is CCC(C)N(CC(=O)O)C(=O)Cc1cccc(C)c1. The highest BCUT2D eigenvalue weighted by Gasteiger charge is 2.21. The number of aryl methyl sites for hydroxylation is 1. The normalized spacial score (nSPS) is 11.9. The molecular formula is C15H21NO3. The Morgan fingerprint density at radius 3 is 2.58 bits per heavy atom. The lowest BCUT2D eigenvalue weighted by molar-refractivity contribution is -0.145. The number of carboxylic acid groups (broad SMARTS) is 1. The third-order valence-electron chi connectivity index (χ3n) is 3.19. The maximum absolute atomic E-state index is 12.2. The van der Waals surface area contributed by atoms with E-state index in [1.54, 1.807) is 0 Å². The predicted molar refractivity (Wildman–Crippen MR) is 74.0 cm³/mol. The van der Waals surface area contributed by atoms with Crippen LogP contribution in [0, 0.1) is 6.92 Å². The Morgan fingerprint density at radius 1 is 1.37 bits per heavy atom. The van der Waals surface area contributed by atoms with Gasteiger partial charge >= 0.3 is 5.97 Å². The molecule has 0 saturated heterocycles. The summed E-state index contributed by atoms with van der Waals surface area (Å²) in [5, 5.41) is 8.89. The van der Waals surface area contributed by atoms with E-state index in [1.807, 2.05) is 45.0 Å². The average molecular weight is 263 g/mol. The molecule has 0 aliphatic carbocycles. The molecule has 0 aromatic heterocycles. The highest BCUT2D eigenvalue weighted by Crippen LogP contribution is 2.10. The topological polar surface area (TPSA) is 57.6 Å². The van der Waals surface area contributed by atoms with Gasteiger partial charge in [-0.1, -0.05) is 36.8 Å². The van der Waals surface area contributed by atoms with E-state index in [1.165, 1.54) is 4.90 Å². The summed E-state index contributed by atoms with van der Waals surface area (Å²) in [6.45, 7) is 5.55. The second kappa shape index (κ2) is 6.92. The molecule has 0 heterocycles. The molecule has 0 aliphatic rings. The van der Waals surface area contributed by atoms with E-state index in [4.69, 9.17) is 5.11 Å². The second-order valence-corrected chi connectivity index (χ2v) is 4.84. The number of aliphatic carboxylic acids is 1. The van der Waals surface area contributed by atoms with E-state index in [-0.39, 0.29) is 24.9 Å². The van der Waals surface area contributed by atoms with Gasteiger partial charge < -0.3 is 10.0 Å². The number of carboxylic acids is 1. The van der Waals surface area contributed by atoms with Crippen molar-refractivity contribution in [1.29, 1.82) is 0 Å². The molecule has 1 aromatic rings. The Labute approximate surface area is 114 Å². The number of hydrogen-bond donors (Lipinski definition) is 1. The molecular weight excluding hydrogens is 242 g/mol. The van der Waals surface area contributed by atoms with Crippen LogP contribution in [-0.4, -0.2) is 34.5 Å². The number of amides is 1. The maximum atomic E-state index is 12.2. The van der Waals surface area contributed by atoms with Gasteiger partial charge in [0.2, 0.25) is 5.91 Å². The van der Waals surface area contributed by atoms with Crippen LogP contribution in [-0.2, 0) is 16.0 Å². The number of carbonyl (C=O) groups excluding carboxylic acids is 1. The Hall–Kier alpha value is -1.84. The third-order valence-corrected chi connectivity index (χ3v) is 3.19. The van der Waals surface area contributed by atoms with Crippen molar-refractivity contribution in [3.05, 3.63) is 35.4 Å². The molecule has 19 heavy (non-hydrogen) atoms. The Bertz CT molecular complexity index is 456. The van der Waals surface area contributed by atoms with Crippen molar-refractivity contribution in [2.24, 2.45) is 0 Å². The first-order valence-electron chi connectivity index (χ1n) is 6.50. The van der Waals surface area contributed by atoms with E-state index < -0.39 is 5.97 Å². The van der Waals surface area contributed by atoms with Crippen LogP contribution >= 0.6 is 0 Å². The van der Waals surface area contributed by atoms with Crippen molar-refractivity contribution in [3.8, 4) is 0 Å². The highest BCUT2D eigenvalue weighted by atomic mass is 16.4. The van der Waals surface area contributed by atoms with E-state index >= 15 is 0 Å². The molecule has 4 nitrogen and oxygen atoms in total. The van der Waals surface area contributed by atoms with Gasteiger partial charge in [-0.15, -0.1) is 0 Å². The predicted octanol–water partition coefficient (Wildman–Crippen LogP) is 2.25. The van der Waals surface area contributed by atoms with Crippen LogP contribution in [0.2, 0.25) is 0 Å². The largest absolute Gasteiger partial charge is 0.480 e. The van der Waals surface area contributed by atoms with Crippen molar-refractivity contribution < 1.29 is 14.7 Å². The van der Waals surface area contributed by atoms with Crippen molar-refractivity contribution in [2.75, 3.05) is 6.54 Å². The van der Waals surface area contributed by atoms with Crippen molar-refractivity contribution in [2.45, 2.75) is 39.7 Å². The lowest BCUT2D eigenvalue weighted by atomic mass is 10.1. The summed E-state index contributed by atoms with van der Waals surface area (Å²) in [7, 11) is 0. The minimum atomic E-state index is -0.974. The third kappa shape index (κ3) is 4.73. The summed E-state index contributed by atoms with van der Waals surface area (Å²) >= 11 is 0. The van der Waals surface area contributed by atoms with Gasteiger partial charge in [0.1, 0.15) is 6.54 Å². The van der Waals surface area contributed by atoms with Crippen LogP contribution in [0.5, 0.6) is 0 Å². The Morgan fingerprint density at radius 2 is 2.05 bits per heavy atom. The van der Waals surface area contributed by atoms with Crippen molar-refractivity contribution in [1.82, 2.24) is 4.90 Å². The molecule has 0 radical (unpaired) electrons. The van der Waals surface area contributed by atoms with E-state index in [0.717, 1.165) is 17.5 Å². The van der Waals surface area contributed by atoms with Gasteiger partial charge in [-0.05, 0) is 25.8 Å². The Kier molecular flexibility index (Phi) is 5.55. The molecule has 1 amide bonds. The number of rotatable bonds is 6. The monoisotopic (exact) mass is 263 g/mol. The number of carbonyl (C=O) groups is 2. The van der Waals surface area contributed by atoms with Gasteiger partial charge in [0.15, 0.2) is 0 Å². The van der Waals surface area contributed by atoms with Crippen LogP contribution in [0.4, 0.5) is 0 Å². The van der Waals surface area contributed by atoms with E-state index in [9.17, 15) is 9.59 Å². The molecule has 1 aromatic carbocycles. The zero-order valence-electron chi connectivity index (χ0n) is 11.7. The van der Waals surface area contributed by atoms with Gasteiger partial charge in [-0.2, -0.15) is 0 Å². The molecule has 0 fully saturated rings.